The van der Waals surface area contributed by atoms with E-state index >= 15 is 0 Å². The lowest BCUT2D eigenvalue weighted by Crippen LogP contribution is -2.11. The van der Waals surface area contributed by atoms with Crippen LogP contribution in [0.3, 0.4) is 0 Å². The van der Waals surface area contributed by atoms with Gasteiger partial charge in [-0.3, -0.25) is 9.59 Å². The van der Waals surface area contributed by atoms with E-state index in [4.69, 9.17) is 9.47 Å². The molecule has 1 aromatic rings. The Bertz CT molecular complexity index is 775. The van der Waals surface area contributed by atoms with Gasteiger partial charge in [0.25, 0.3) is 0 Å². The number of hydrogen-bond donors (Lipinski definition) is 0. The smallest absolute Gasteiger partial charge is 0.311 e. The Hall–Kier alpha value is -2.36. The predicted octanol–water partition coefficient (Wildman–Crippen LogP) is 7.07. The zero-order valence-electron chi connectivity index (χ0n) is 21.1. The van der Waals surface area contributed by atoms with Crippen LogP contribution >= 0.6 is 0 Å². The molecule has 0 aliphatic carbocycles. The molecule has 1 atom stereocenters. The molecule has 0 aromatic heterocycles. The van der Waals surface area contributed by atoms with E-state index < -0.39 is 5.97 Å². The molecule has 0 N–H and O–H groups in total. The number of carbonyl (C=O) groups excluding carboxylic acids is 2. The molecule has 1 rings (SSSR count). The molecule has 4 nitrogen and oxygen atoms in total. The Morgan fingerprint density at radius 3 is 2.19 bits per heavy atom. The van der Waals surface area contributed by atoms with Gasteiger partial charge in [0.2, 0.25) is 0 Å². The van der Waals surface area contributed by atoms with Crippen LogP contribution in [-0.2, 0) is 30.9 Å². The highest BCUT2D eigenvalue weighted by Crippen LogP contribution is 2.22. The van der Waals surface area contributed by atoms with Gasteiger partial charge in [-0.25, -0.2) is 0 Å². The van der Waals surface area contributed by atoms with Gasteiger partial charge in [-0.1, -0.05) is 63.6 Å². The Morgan fingerprint density at radius 1 is 0.969 bits per heavy atom. The van der Waals surface area contributed by atoms with E-state index in [2.05, 4.69) is 71.9 Å². The Labute approximate surface area is 195 Å². The summed E-state index contributed by atoms with van der Waals surface area (Å²) in [5, 5.41) is 0. The molecule has 0 radical (unpaired) electrons. The van der Waals surface area contributed by atoms with Crippen LogP contribution in [0.4, 0.5) is 0 Å². The minimum absolute atomic E-state index is 0.0268. The van der Waals surface area contributed by atoms with Crippen molar-refractivity contribution in [2.75, 3.05) is 6.61 Å². The van der Waals surface area contributed by atoms with Crippen molar-refractivity contribution in [1.29, 1.82) is 0 Å². The number of esters is 2. The van der Waals surface area contributed by atoms with E-state index in [9.17, 15) is 9.59 Å². The first-order chi connectivity index (χ1) is 15.0. The first-order valence-electron chi connectivity index (χ1n) is 11.7. The zero-order valence-corrected chi connectivity index (χ0v) is 21.1. The maximum absolute atomic E-state index is 11.9. The van der Waals surface area contributed by atoms with Crippen LogP contribution in [-0.4, -0.2) is 18.5 Å². The highest BCUT2D eigenvalue weighted by atomic mass is 16.5. The summed E-state index contributed by atoms with van der Waals surface area (Å²) in [7, 11) is 0. The van der Waals surface area contributed by atoms with Crippen LogP contribution in [0.5, 0.6) is 0 Å². The number of benzene rings is 1. The molecule has 0 bridgehead atoms. The summed E-state index contributed by atoms with van der Waals surface area (Å²) in [4.78, 5) is 23.8. The summed E-state index contributed by atoms with van der Waals surface area (Å²) in [5.41, 5.74) is 4.87. The van der Waals surface area contributed by atoms with Gasteiger partial charge in [0.1, 0.15) is 0 Å². The van der Waals surface area contributed by atoms with Gasteiger partial charge < -0.3 is 9.47 Å². The molecule has 178 valence electrons. The molecule has 1 unspecified atom stereocenters. The average Bonchev–Trinajstić information content (AvgIpc) is 2.70. The molecular formula is C28H42O4. The summed E-state index contributed by atoms with van der Waals surface area (Å²) in [6.45, 7) is 15.3. The molecule has 0 saturated carbocycles. The summed E-state index contributed by atoms with van der Waals surface area (Å²) in [6.07, 6.45) is 7.48. The summed E-state index contributed by atoms with van der Waals surface area (Å²) in [5.74, 6) is -0.265. The van der Waals surface area contributed by atoms with Gasteiger partial charge in [-0.05, 0) is 74.5 Å². The van der Waals surface area contributed by atoms with E-state index in [1.165, 1.54) is 23.0 Å². The van der Waals surface area contributed by atoms with Crippen molar-refractivity contribution in [2.24, 2.45) is 5.92 Å². The van der Waals surface area contributed by atoms with Crippen LogP contribution in [0.25, 0.3) is 0 Å². The van der Waals surface area contributed by atoms with E-state index in [0.717, 1.165) is 24.8 Å². The number of hydrogen-bond acceptors (Lipinski definition) is 4. The highest BCUT2D eigenvalue weighted by molar-refractivity contribution is 5.77. The van der Waals surface area contributed by atoms with Crippen molar-refractivity contribution in [2.45, 2.75) is 92.4 Å². The van der Waals surface area contributed by atoms with Gasteiger partial charge in [-0.2, -0.15) is 0 Å². The third kappa shape index (κ3) is 12.5. The number of allylic oxidation sites excluding steroid dienone is 3. The topological polar surface area (TPSA) is 52.6 Å². The summed E-state index contributed by atoms with van der Waals surface area (Å²) >= 11 is 0. The third-order valence-corrected chi connectivity index (χ3v) is 5.31. The predicted molar refractivity (Wildman–Crippen MR) is 131 cm³/mol. The zero-order chi connectivity index (χ0) is 24.1. The molecular weight excluding hydrogens is 400 g/mol. The van der Waals surface area contributed by atoms with Crippen LogP contribution < -0.4 is 0 Å². The molecule has 4 heteroatoms. The first kappa shape index (κ1) is 27.7. The third-order valence-electron chi connectivity index (χ3n) is 5.31. The van der Waals surface area contributed by atoms with Gasteiger partial charge in [0.15, 0.2) is 0 Å². The Balaban J connectivity index is 2.27. The minimum atomic E-state index is -0.417. The lowest BCUT2D eigenvalue weighted by atomic mass is 9.86. The first-order valence-corrected chi connectivity index (χ1v) is 11.7. The molecule has 0 fully saturated rings. The fourth-order valence-electron chi connectivity index (χ4n) is 3.16. The van der Waals surface area contributed by atoms with Crippen molar-refractivity contribution in [3.63, 3.8) is 0 Å². The standard InChI is InChI=1S/C28H42O4/c1-21(2)9-8-10-22(3)17-18-31-26(29)15-16-27(30)32-20-23(4)19-24-11-13-25(14-12-24)28(5,6)7/h9,11-14,20,22H,8,10,15-19H2,1-7H3/b23-20+. The van der Waals surface area contributed by atoms with Gasteiger partial charge in [0.05, 0.1) is 25.7 Å². The maximum Gasteiger partial charge on any atom is 0.311 e. The van der Waals surface area contributed by atoms with Crippen molar-refractivity contribution in [3.8, 4) is 0 Å². The summed E-state index contributed by atoms with van der Waals surface area (Å²) < 4.78 is 10.4. The molecule has 0 aliphatic heterocycles. The fraction of sp³-hybridized carbons (Fsp3) is 0.571. The van der Waals surface area contributed by atoms with Crippen LogP contribution in [0.2, 0.25) is 0 Å². The maximum atomic E-state index is 11.9. The SMILES string of the molecule is CC(C)=CCCC(C)CCOC(=O)CCC(=O)O/C=C(\C)Cc1ccc(C(C)(C)C)cc1. The molecule has 0 saturated heterocycles. The normalized spacial score (nSPS) is 12.8. The fourth-order valence-corrected chi connectivity index (χ4v) is 3.16. The molecule has 0 spiro atoms. The molecule has 0 amide bonds. The van der Waals surface area contributed by atoms with E-state index in [0.29, 0.717) is 18.9 Å². The minimum Gasteiger partial charge on any atom is -0.466 e. The Kier molecular flexibility index (Phi) is 12.0. The second-order valence-electron chi connectivity index (χ2n) is 10.1. The molecule has 0 heterocycles. The van der Waals surface area contributed by atoms with Crippen molar-refractivity contribution >= 4 is 11.9 Å². The van der Waals surface area contributed by atoms with Crippen LogP contribution in [0.1, 0.15) is 91.7 Å². The van der Waals surface area contributed by atoms with E-state index in [1.807, 2.05) is 6.92 Å². The van der Waals surface area contributed by atoms with E-state index in [-0.39, 0.29) is 24.2 Å². The average molecular weight is 443 g/mol. The molecule has 1 aromatic carbocycles. The van der Waals surface area contributed by atoms with Gasteiger partial charge in [-0.15, -0.1) is 0 Å². The van der Waals surface area contributed by atoms with Crippen molar-refractivity contribution in [1.82, 2.24) is 0 Å². The highest BCUT2D eigenvalue weighted by Gasteiger charge is 2.13. The summed E-state index contributed by atoms with van der Waals surface area (Å²) in [6, 6.07) is 8.50. The second-order valence-corrected chi connectivity index (χ2v) is 10.1. The van der Waals surface area contributed by atoms with Gasteiger partial charge in [0, 0.05) is 0 Å². The molecule has 32 heavy (non-hydrogen) atoms. The second kappa shape index (κ2) is 13.9. The van der Waals surface area contributed by atoms with Crippen LogP contribution in [0, 0.1) is 5.92 Å². The number of carbonyl (C=O) groups is 2. The lowest BCUT2D eigenvalue weighted by molar-refractivity contribution is -0.148. The van der Waals surface area contributed by atoms with Crippen LogP contribution in [0.15, 0.2) is 47.7 Å². The van der Waals surface area contributed by atoms with Gasteiger partial charge >= 0.3 is 11.9 Å². The largest absolute Gasteiger partial charge is 0.466 e. The van der Waals surface area contributed by atoms with Crippen molar-refractivity contribution in [3.05, 3.63) is 58.9 Å². The Morgan fingerprint density at radius 2 is 1.59 bits per heavy atom. The quantitative estimate of drug-likeness (QED) is 0.197. The number of rotatable bonds is 12. The number of ether oxygens (including phenoxy) is 2. The molecule has 0 aliphatic rings. The monoisotopic (exact) mass is 442 g/mol. The van der Waals surface area contributed by atoms with Crippen molar-refractivity contribution < 1.29 is 19.1 Å². The van der Waals surface area contributed by atoms with E-state index in [1.54, 1.807) is 0 Å². The lowest BCUT2D eigenvalue weighted by Gasteiger charge is -2.19.